The molecule has 1 saturated carbocycles. The Balaban J connectivity index is 1.65. The van der Waals surface area contributed by atoms with Crippen LogP contribution < -0.4 is 10.9 Å². The summed E-state index contributed by atoms with van der Waals surface area (Å²) in [5, 5.41) is 3.42. The van der Waals surface area contributed by atoms with Crippen LogP contribution in [0.15, 0.2) is 29.5 Å². The van der Waals surface area contributed by atoms with Crippen molar-refractivity contribution in [3.63, 3.8) is 0 Å². The second-order valence-electron chi connectivity index (χ2n) is 7.79. The summed E-state index contributed by atoms with van der Waals surface area (Å²) in [6.45, 7) is 7.25. The molecule has 2 aromatic rings. The Bertz CT molecular complexity index is 894. The number of aromatic amines is 1. The molecular formula is C20H27N5O2. The van der Waals surface area contributed by atoms with Crippen molar-refractivity contribution in [1.29, 1.82) is 0 Å². The molecule has 4 rings (SSSR count). The second kappa shape index (κ2) is 6.96. The van der Waals surface area contributed by atoms with Crippen LogP contribution in [-0.2, 0) is 13.1 Å². The summed E-state index contributed by atoms with van der Waals surface area (Å²) in [6.07, 6.45) is 8.56. The van der Waals surface area contributed by atoms with Gasteiger partial charge in [-0.1, -0.05) is 0 Å². The molecule has 144 valence electrons. The number of imidazole rings is 1. The average Bonchev–Trinajstić information content (AvgIpc) is 3.13. The zero-order valence-electron chi connectivity index (χ0n) is 16.0. The Hall–Kier alpha value is -2.41. The molecular weight excluding hydrogens is 342 g/mol. The summed E-state index contributed by atoms with van der Waals surface area (Å²) in [5.74, 6) is 0.888. The number of nitrogens with one attached hydrogen (secondary N) is 2. The van der Waals surface area contributed by atoms with Gasteiger partial charge in [0.15, 0.2) is 0 Å². The van der Waals surface area contributed by atoms with Gasteiger partial charge in [-0.3, -0.25) is 9.59 Å². The summed E-state index contributed by atoms with van der Waals surface area (Å²) < 4.78 is 2.08. The van der Waals surface area contributed by atoms with E-state index in [1.807, 2.05) is 18.0 Å². The van der Waals surface area contributed by atoms with Crippen molar-refractivity contribution >= 4 is 5.91 Å². The molecule has 27 heavy (non-hydrogen) atoms. The third-order valence-corrected chi connectivity index (χ3v) is 6.20. The molecule has 1 amide bonds. The number of amides is 1. The van der Waals surface area contributed by atoms with Gasteiger partial charge in [-0.15, -0.1) is 0 Å². The fourth-order valence-electron chi connectivity index (χ4n) is 4.44. The molecule has 2 aromatic heterocycles. The number of pyridine rings is 1. The number of hydrogen-bond donors (Lipinski definition) is 2. The van der Waals surface area contributed by atoms with Crippen molar-refractivity contribution in [2.45, 2.75) is 52.2 Å². The zero-order chi connectivity index (χ0) is 19.0. The third-order valence-electron chi connectivity index (χ3n) is 6.20. The molecule has 0 radical (unpaired) electrons. The Morgan fingerprint density at radius 2 is 2.19 bits per heavy atom. The molecule has 2 aliphatic rings. The van der Waals surface area contributed by atoms with Crippen LogP contribution in [0.4, 0.5) is 0 Å². The number of nitrogens with zero attached hydrogens (tertiary/aromatic N) is 3. The van der Waals surface area contributed by atoms with Gasteiger partial charge in [0.1, 0.15) is 5.82 Å². The van der Waals surface area contributed by atoms with Crippen molar-refractivity contribution < 1.29 is 4.79 Å². The maximum Gasteiger partial charge on any atom is 0.256 e. The SMILES string of the molecule is CCn1ccnc1CN(C(=O)c1c[nH]c(=O)cc1C)C1CC12CCNCC2. The van der Waals surface area contributed by atoms with Crippen molar-refractivity contribution in [1.82, 2.24) is 24.8 Å². The molecule has 2 N–H and O–H groups in total. The van der Waals surface area contributed by atoms with Crippen LogP contribution >= 0.6 is 0 Å². The molecule has 7 heteroatoms. The summed E-state index contributed by atoms with van der Waals surface area (Å²) >= 11 is 0. The highest BCUT2D eigenvalue weighted by Gasteiger charge is 2.58. The van der Waals surface area contributed by atoms with E-state index in [4.69, 9.17) is 0 Å². The Morgan fingerprint density at radius 3 is 2.89 bits per heavy atom. The molecule has 1 atom stereocenters. The van der Waals surface area contributed by atoms with Crippen LogP contribution in [0.3, 0.4) is 0 Å². The van der Waals surface area contributed by atoms with Crippen LogP contribution in [0.1, 0.15) is 47.9 Å². The normalized spacial score (nSPS) is 20.6. The van der Waals surface area contributed by atoms with Crippen LogP contribution in [0, 0.1) is 12.3 Å². The summed E-state index contributed by atoms with van der Waals surface area (Å²) in [7, 11) is 0. The zero-order valence-corrected chi connectivity index (χ0v) is 16.0. The highest BCUT2D eigenvalue weighted by atomic mass is 16.2. The van der Waals surface area contributed by atoms with Gasteiger partial charge in [0.05, 0.1) is 12.1 Å². The Kier molecular flexibility index (Phi) is 4.63. The predicted molar refractivity (Wildman–Crippen MR) is 103 cm³/mol. The first-order chi connectivity index (χ1) is 13.0. The van der Waals surface area contributed by atoms with Gasteiger partial charge in [-0.2, -0.15) is 0 Å². The maximum absolute atomic E-state index is 13.5. The lowest BCUT2D eigenvalue weighted by Gasteiger charge is -2.30. The quantitative estimate of drug-likeness (QED) is 0.840. The fourth-order valence-corrected chi connectivity index (χ4v) is 4.44. The first kappa shape index (κ1) is 18.0. The minimum Gasteiger partial charge on any atom is -0.334 e. The van der Waals surface area contributed by atoms with Crippen LogP contribution in [-0.4, -0.2) is 44.5 Å². The van der Waals surface area contributed by atoms with E-state index in [9.17, 15) is 9.59 Å². The number of aryl methyl sites for hydroxylation is 2. The fraction of sp³-hybridized carbons (Fsp3) is 0.550. The van der Waals surface area contributed by atoms with Gasteiger partial charge < -0.3 is 19.8 Å². The number of aromatic nitrogens is 3. The summed E-state index contributed by atoms with van der Waals surface area (Å²) in [5.41, 5.74) is 1.34. The van der Waals surface area contributed by atoms with Crippen LogP contribution in [0.5, 0.6) is 0 Å². The van der Waals surface area contributed by atoms with Crippen molar-refractivity contribution in [3.05, 3.63) is 52.0 Å². The summed E-state index contributed by atoms with van der Waals surface area (Å²) in [6, 6.07) is 1.73. The van der Waals surface area contributed by atoms with Gasteiger partial charge in [-0.25, -0.2) is 4.98 Å². The molecule has 2 fully saturated rings. The molecule has 7 nitrogen and oxygen atoms in total. The summed E-state index contributed by atoms with van der Waals surface area (Å²) in [4.78, 5) is 34.1. The number of carbonyl (C=O) groups is 1. The molecule has 1 unspecified atom stereocenters. The van der Waals surface area contributed by atoms with E-state index < -0.39 is 0 Å². The topological polar surface area (TPSA) is 83.0 Å². The first-order valence-electron chi connectivity index (χ1n) is 9.75. The minimum atomic E-state index is -0.182. The molecule has 1 spiro atoms. The Morgan fingerprint density at radius 1 is 1.41 bits per heavy atom. The Labute approximate surface area is 158 Å². The molecule has 1 aliphatic carbocycles. The van der Waals surface area contributed by atoms with Gasteiger partial charge in [0, 0.05) is 37.2 Å². The van der Waals surface area contributed by atoms with E-state index in [1.54, 1.807) is 12.4 Å². The minimum absolute atomic E-state index is 0.0187. The highest BCUT2D eigenvalue weighted by Crippen LogP contribution is 2.56. The largest absolute Gasteiger partial charge is 0.334 e. The lowest BCUT2D eigenvalue weighted by Crippen LogP contribution is -2.40. The highest BCUT2D eigenvalue weighted by molar-refractivity contribution is 5.95. The number of hydrogen-bond acceptors (Lipinski definition) is 4. The van der Waals surface area contributed by atoms with E-state index in [0.29, 0.717) is 17.7 Å². The van der Waals surface area contributed by atoms with E-state index in [0.717, 1.165) is 44.7 Å². The third kappa shape index (κ3) is 3.32. The van der Waals surface area contributed by atoms with Gasteiger partial charge >= 0.3 is 0 Å². The maximum atomic E-state index is 13.5. The molecule has 0 bridgehead atoms. The number of H-pyrrole nitrogens is 1. The van der Waals surface area contributed by atoms with E-state index in [-0.39, 0.29) is 22.9 Å². The van der Waals surface area contributed by atoms with Crippen LogP contribution in [0.2, 0.25) is 0 Å². The lowest BCUT2D eigenvalue weighted by molar-refractivity contribution is 0.0683. The monoisotopic (exact) mass is 369 g/mol. The molecule has 3 heterocycles. The van der Waals surface area contributed by atoms with Crippen molar-refractivity contribution in [2.24, 2.45) is 5.41 Å². The predicted octanol–water partition coefficient (Wildman–Crippen LogP) is 1.68. The number of rotatable bonds is 5. The number of carbonyl (C=O) groups excluding carboxylic acids is 1. The van der Waals surface area contributed by atoms with E-state index >= 15 is 0 Å². The second-order valence-corrected chi connectivity index (χ2v) is 7.79. The molecule has 1 saturated heterocycles. The first-order valence-corrected chi connectivity index (χ1v) is 9.75. The number of piperidine rings is 1. The van der Waals surface area contributed by atoms with E-state index in [2.05, 4.69) is 26.8 Å². The van der Waals surface area contributed by atoms with Crippen molar-refractivity contribution in [3.8, 4) is 0 Å². The van der Waals surface area contributed by atoms with Crippen molar-refractivity contribution in [2.75, 3.05) is 13.1 Å². The smallest absolute Gasteiger partial charge is 0.256 e. The average molecular weight is 369 g/mol. The molecule has 1 aliphatic heterocycles. The van der Waals surface area contributed by atoms with Gasteiger partial charge in [0.2, 0.25) is 5.56 Å². The lowest BCUT2D eigenvalue weighted by atomic mass is 9.93. The van der Waals surface area contributed by atoms with Crippen LogP contribution in [0.25, 0.3) is 0 Å². The standard InChI is InChI=1S/C20H27N5O2/c1-3-24-9-8-22-17(24)13-25(16-11-20(16)4-6-21-7-5-20)19(27)15-12-23-18(26)10-14(15)2/h8-10,12,16,21H,3-7,11,13H2,1-2H3,(H,23,26). The van der Waals surface area contributed by atoms with Gasteiger partial charge in [-0.05, 0) is 57.2 Å². The van der Waals surface area contributed by atoms with E-state index in [1.165, 1.54) is 6.07 Å². The van der Waals surface area contributed by atoms with Gasteiger partial charge in [0.25, 0.3) is 5.91 Å². The molecule has 0 aromatic carbocycles.